The normalized spacial score (nSPS) is 13.5. The number of hydrogen-bond acceptors (Lipinski definition) is 5. The maximum atomic E-state index is 11.6. The van der Waals surface area contributed by atoms with Crippen molar-refractivity contribution in [3.05, 3.63) is 88.5 Å². The topological polar surface area (TPSA) is 74.2 Å². The van der Waals surface area contributed by atoms with Crippen molar-refractivity contribution in [2.45, 2.75) is 20.0 Å². The maximum Gasteiger partial charge on any atom is 0.307 e. The van der Waals surface area contributed by atoms with Crippen molar-refractivity contribution in [2.24, 2.45) is 0 Å². The fraction of sp³-hybridized carbons (Fsp3) is 0.207. The minimum atomic E-state index is -0.877. The number of ether oxygens (including phenoxy) is 4. The molecule has 0 aliphatic heterocycles. The van der Waals surface area contributed by atoms with Crippen LogP contribution in [0.3, 0.4) is 0 Å². The summed E-state index contributed by atoms with van der Waals surface area (Å²) >= 11 is 0. The average Bonchev–Trinajstić information content (AvgIpc) is 3.12. The summed E-state index contributed by atoms with van der Waals surface area (Å²) in [5, 5.41) is 9.49. The Morgan fingerprint density at radius 1 is 0.886 bits per heavy atom. The Labute approximate surface area is 205 Å². The smallest absolute Gasteiger partial charge is 0.307 e. The highest BCUT2D eigenvalue weighted by molar-refractivity contribution is 6.07. The van der Waals surface area contributed by atoms with Gasteiger partial charge in [-0.25, -0.2) is 0 Å². The lowest BCUT2D eigenvalue weighted by molar-refractivity contribution is -0.135. The second-order valence-corrected chi connectivity index (χ2v) is 8.17. The number of rotatable bonds is 9. The fourth-order valence-corrected chi connectivity index (χ4v) is 4.29. The number of carbonyl (C=O) groups is 1. The van der Waals surface area contributed by atoms with Crippen LogP contribution in [0.25, 0.3) is 17.2 Å². The Morgan fingerprint density at radius 3 is 2.17 bits per heavy atom. The number of aliphatic carboxylic acids is 1. The van der Waals surface area contributed by atoms with Gasteiger partial charge in [-0.1, -0.05) is 36.4 Å². The predicted molar refractivity (Wildman–Crippen MR) is 136 cm³/mol. The highest BCUT2D eigenvalue weighted by atomic mass is 16.5. The van der Waals surface area contributed by atoms with Gasteiger partial charge in [-0.3, -0.25) is 4.79 Å². The lowest BCUT2D eigenvalue weighted by Gasteiger charge is -2.16. The number of carboxylic acids is 1. The second kappa shape index (κ2) is 10.4. The van der Waals surface area contributed by atoms with E-state index < -0.39 is 5.97 Å². The first-order valence-corrected chi connectivity index (χ1v) is 11.2. The summed E-state index contributed by atoms with van der Waals surface area (Å²) in [5.74, 6) is 1.43. The summed E-state index contributed by atoms with van der Waals surface area (Å²) in [6, 6.07) is 19.4. The van der Waals surface area contributed by atoms with E-state index in [9.17, 15) is 9.90 Å². The van der Waals surface area contributed by atoms with Crippen LogP contribution in [0.4, 0.5) is 0 Å². The van der Waals surface area contributed by atoms with Crippen molar-refractivity contribution in [1.82, 2.24) is 0 Å². The Bertz CT molecular complexity index is 1280. The van der Waals surface area contributed by atoms with Crippen LogP contribution < -0.4 is 18.9 Å². The van der Waals surface area contributed by atoms with Crippen LogP contribution in [0.1, 0.15) is 35.6 Å². The Kier molecular flexibility index (Phi) is 7.11. The van der Waals surface area contributed by atoms with E-state index in [1.807, 2.05) is 73.7 Å². The summed E-state index contributed by atoms with van der Waals surface area (Å²) in [6.45, 7) is 2.33. The van der Waals surface area contributed by atoms with Gasteiger partial charge in [0, 0.05) is 0 Å². The van der Waals surface area contributed by atoms with Crippen LogP contribution in [-0.4, -0.2) is 32.4 Å². The molecule has 0 saturated heterocycles. The van der Waals surface area contributed by atoms with E-state index >= 15 is 0 Å². The highest BCUT2D eigenvalue weighted by Crippen LogP contribution is 2.46. The van der Waals surface area contributed by atoms with Crippen molar-refractivity contribution in [2.75, 3.05) is 21.3 Å². The molecule has 0 saturated carbocycles. The van der Waals surface area contributed by atoms with Gasteiger partial charge >= 0.3 is 5.97 Å². The molecule has 0 radical (unpaired) electrons. The van der Waals surface area contributed by atoms with E-state index in [0.29, 0.717) is 29.6 Å². The molecule has 0 atom stereocenters. The van der Waals surface area contributed by atoms with Crippen LogP contribution in [0, 0.1) is 0 Å². The first-order valence-electron chi connectivity index (χ1n) is 11.2. The van der Waals surface area contributed by atoms with Crippen molar-refractivity contribution >= 4 is 23.2 Å². The Hall–Kier alpha value is -4.19. The summed E-state index contributed by atoms with van der Waals surface area (Å²) in [5.41, 5.74) is 6.35. The van der Waals surface area contributed by atoms with Gasteiger partial charge in [0.25, 0.3) is 0 Å². The molecule has 3 aromatic carbocycles. The fourth-order valence-electron chi connectivity index (χ4n) is 4.29. The molecule has 4 rings (SSSR count). The molecule has 0 spiro atoms. The molecular weight excluding hydrogens is 444 g/mol. The number of carboxylic acid groups (broad SMARTS) is 1. The van der Waals surface area contributed by atoms with Gasteiger partial charge in [0.05, 0.1) is 27.8 Å². The molecule has 3 aromatic rings. The van der Waals surface area contributed by atoms with E-state index in [4.69, 9.17) is 18.9 Å². The second-order valence-electron chi connectivity index (χ2n) is 8.17. The molecule has 180 valence electrons. The zero-order valence-electron chi connectivity index (χ0n) is 20.3. The molecule has 35 heavy (non-hydrogen) atoms. The molecule has 0 unspecified atom stereocenters. The molecule has 0 aromatic heterocycles. The van der Waals surface area contributed by atoms with E-state index in [-0.39, 0.29) is 6.42 Å². The van der Waals surface area contributed by atoms with Gasteiger partial charge in [0.2, 0.25) is 5.75 Å². The average molecular weight is 473 g/mol. The first kappa shape index (κ1) is 24.0. The zero-order chi connectivity index (χ0) is 24.9. The molecule has 1 N–H and O–H groups in total. The highest BCUT2D eigenvalue weighted by Gasteiger charge is 2.26. The van der Waals surface area contributed by atoms with Crippen molar-refractivity contribution < 1.29 is 28.8 Å². The van der Waals surface area contributed by atoms with Gasteiger partial charge in [-0.05, 0) is 76.2 Å². The van der Waals surface area contributed by atoms with Gasteiger partial charge in [-0.15, -0.1) is 0 Å². The largest absolute Gasteiger partial charge is 0.497 e. The van der Waals surface area contributed by atoms with E-state index in [1.165, 1.54) is 0 Å². The predicted octanol–water partition coefficient (Wildman–Crippen LogP) is 6.09. The van der Waals surface area contributed by atoms with Crippen molar-refractivity contribution in [1.29, 1.82) is 0 Å². The Balaban J connectivity index is 1.76. The van der Waals surface area contributed by atoms with Crippen LogP contribution in [0.15, 0.2) is 66.2 Å². The summed E-state index contributed by atoms with van der Waals surface area (Å²) in [4.78, 5) is 11.6. The third-order valence-corrected chi connectivity index (χ3v) is 6.05. The lowest BCUT2D eigenvalue weighted by Crippen LogP contribution is -2.00. The SMILES string of the molecule is COc1ccc2c(c1)C(CC(=O)O)=C(C)/C2=C/c1cc(OC)c(OCc2ccccc2)c(OC)c1. The number of benzene rings is 3. The molecule has 1 aliphatic rings. The van der Waals surface area contributed by atoms with Gasteiger partial charge < -0.3 is 24.1 Å². The van der Waals surface area contributed by atoms with Gasteiger partial charge in [0.1, 0.15) is 12.4 Å². The van der Waals surface area contributed by atoms with E-state index in [2.05, 4.69) is 0 Å². The minimum Gasteiger partial charge on any atom is -0.497 e. The number of allylic oxidation sites excluding steroid dienone is 2. The summed E-state index contributed by atoms with van der Waals surface area (Å²) in [6.07, 6.45) is 1.95. The molecule has 0 amide bonds. The monoisotopic (exact) mass is 472 g/mol. The molecular formula is C29H28O6. The molecule has 0 bridgehead atoms. The number of hydrogen-bond donors (Lipinski definition) is 1. The Morgan fingerprint density at radius 2 is 1.57 bits per heavy atom. The van der Waals surface area contributed by atoms with Crippen LogP contribution in [0.2, 0.25) is 0 Å². The molecule has 6 heteroatoms. The van der Waals surface area contributed by atoms with Gasteiger partial charge in [-0.2, -0.15) is 0 Å². The maximum absolute atomic E-state index is 11.6. The zero-order valence-corrected chi connectivity index (χ0v) is 20.3. The van der Waals surface area contributed by atoms with Gasteiger partial charge in [0.15, 0.2) is 11.5 Å². The van der Waals surface area contributed by atoms with Crippen LogP contribution >= 0.6 is 0 Å². The van der Waals surface area contributed by atoms with Crippen LogP contribution in [0.5, 0.6) is 23.0 Å². The first-order chi connectivity index (χ1) is 16.9. The molecule has 1 aliphatic carbocycles. The molecule has 0 heterocycles. The third kappa shape index (κ3) is 5.01. The summed E-state index contributed by atoms with van der Waals surface area (Å²) in [7, 11) is 4.78. The van der Waals surface area contributed by atoms with Crippen molar-refractivity contribution in [3.8, 4) is 23.0 Å². The standard InChI is InChI=1S/C29H28O6/c1-18-23(22-11-10-21(32-2)15-25(22)24(18)16-28(30)31)12-20-13-26(33-3)29(27(14-20)34-4)35-17-19-8-6-5-7-9-19/h5-15H,16-17H2,1-4H3,(H,30,31)/b23-12-. The van der Waals surface area contributed by atoms with E-state index in [0.717, 1.165) is 39.0 Å². The number of methoxy groups -OCH3 is 3. The molecule has 6 nitrogen and oxygen atoms in total. The quantitative estimate of drug-likeness (QED) is 0.406. The minimum absolute atomic E-state index is 0.0672. The molecule has 0 fully saturated rings. The third-order valence-electron chi connectivity index (χ3n) is 6.05. The van der Waals surface area contributed by atoms with Crippen LogP contribution in [-0.2, 0) is 11.4 Å². The number of fused-ring (bicyclic) bond motifs is 1. The summed E-state index contributed by atoms with van der Waals surface area (Å²) < 4.78 is 22.7. The van der Waals surface area contributed by atoms with Crippen molar-refractivity contribution in [3.63, 3.8) is 0 Å². The lowest BCUT2D eigenvalue weighted by atomic mass is 10.00. The van der Waals surface area contributed by atoms with E-state index in [1.54, 1.807) is 21.3 Å².